The number of hydrogen-bond donors (Lipinski definition) is 2. The summed E-state index contributed by atoms with van der Waals surface area (Å²) in [5, 5.41) is 7.15. The van der Waals surface area contributed by atoms with Gasteiger partial charge in [-0.05, 0) is 61.0 Å². The van der Waals surface area contributed by atoms with Crippen molar-refractivity contribution in [1.82, 2.24) is 15.3 Å². The van der Waals surface area contributed by atoms with Crippen molar-refractivity contribution in [1.29, 1.82) is 0 Å². The Morgan fingerprint density at radius 3 is 2.24 bits per heavy atom. The SMILES string of the molecule is CC1CC(C)CN(c2cc(N3CCOCC3)nc(NC(=S)NCC3(c4ccc(F)cc4)CCOCC3)n2)C1. The number of piperidine rings is 1. The highest BCUT2D eigenvalue weighted by molar-refractivity contribution is 7.80. The molecule has 3 fully saturated rings. The van der Waals surface area contributed by atoms with Crippen molar-refractivity contribution in [2.75, 3.05) is 74.3 Å². The molecule has 4 heterocycles. The summed E-state index contributed by atoms with van der Waals surface area (Å²) in [4.78, 5) is 14.4. The molecule has 8 nitrogen and oxygen atoms in total. The highest BCUT2D eigenvalue weighted by Crippen LogP contribution is 2.34. The van der Waals surface area contributed by atoms with E-state index in [4.69, 9.17) is 31.7 Å². The van der Waals surface area contributed by atoms with Gasteiger partial charge in [0.1, 0.15) is 17.5 Å². The zero-order valence-corrected chi connectivity index (χ0v) is 23.2. The number of nitrogens with zero attached hydrogens (tertiary/aromatic N) is 4. The Labute approximate surface area is 230 Å². The molecular formula is C28H39FN6O2S. The summed E-state index contributed by atoms with van der Waals surface area (Å²) in [6.45, 7) is 11.5. The number of benzene rings is 1. The van der Waals surface area contributed by atoms with Crippen LogP contribution in [-0.4, -0.2) is 74.2 Å². The monoisotopic (exact) mass is 542 g/mol. The summed E-state index contributed by atoms with van der Waals surface area (Å²) >= 11 is 5.72. The molecule has 3 saturated heterocycles. The molecule has 2 aromatic rings. The maximum atomic E-state index is 13.6. The summed E-state index contributed by atoms with van der Waals surface area (Å²) in [6.07, 6.45) is 2.91. The minimum atomic E-state index is -0.230. The third kappa shape index (κ3) is 6.52. The van der Waals surface area contributed by atoms with Crippen molar-refractivity contribution < 1.29 is 13.9 Å². The number of thiocarbonyl (C=S) groups is 1. The smallest absolute Gasteiger partial charge is 0.232 e. The predicted molar refractivity (Wildman–Crippen MR) is 153 cm³/mol. The molecule has 0 amide bonds. The maximum Gasteiger partial charge on any atom is 0.232 e. The first-order valence-electron chi connectivity index (χ1n) is 13.8. The molecule has 38 heavy (non-hydrogen) atoms. The Morgan fingerprint density at radius 1 is 0.974 bits per heavy atom. The molecule has 0 bridgehead atoms. The lowest BCUT2D eigenvalue weighted by molar-refractivity contribution is 0.0515. The summed E-state index contributed by atoms with van der Waals surface area (Å²) in [7, 11) is 0. The fraction of sp³-hybridized carbons (Fsp3) is 0.607. The molecule has 2 unspecified atom stereocenters. The summed E-state index contributed by atoms with van der Waals surface area (Å²) in [5.74, 6) is 3.31. The van der Waals surface area contributed by atoms with Crippen LogP contribution in [0.25, 0.3) is 0 Å². The normalized spacial score (nSPS) is 23.7. The van der Waals surface area contributed by atoms with Gasteiger partial charge in [0.25, 0.3) is 0 Å². The molecule has 1 aromatic carbocycles. The van der Waals surface area contributed by atoms with Gasteiger partial charge in [0, 0.05) is 57.4 Å². The Balaban J connectivity index is 1.33. The molecule has 3 aliphatic rings. The second-order valence-electron chi connectivity index (χ2n) is 11.1. The minimum Gasteiger partial charge on any atom is -0.381 e. The van der Waals surface area contributed by atoms with E-state index in [0.29, 0.717) is 55.9 Å². The molecule has 1 aromatic heterocycles. The molecule has 0 radical (unpaired) electrons. The molecule has 10 heteroatoms. The zero-order chi connectivity index (χ0) is 26.5. The van der Waals surface area contributed by atoms with Gasteiger partial charge in [-0.1, -0.05) is 26.0 Å². The van der Waals surface area contributed by atoms with Gasteiger partial charge in [-0.2, -0.15) is 9.97 Å². The molecule has 2 N–H and O–H groups in total. The van der Waals surface area contributed by atoms with E-state index in [9.17, 15) is 4.39 Å². The van der Waals surface area contributed by atoms with Crippen LogP contribution in [0.5, 0.6) is 0 Å². The van der Waals surface area contributed by atoms with Gasteiger partial charge in [0.2, 0.25) is 5.95 Å². The highest BCUT2D eigenvalue weighted by Gasteiger charge is 2.35. The predicted octanol–water partition coefficient (Wildman–Crippen LogP) is 3.97. The standard InChI is InChI=1S/C28H39FN6O2S/c1-20-15-21(2)18-35(17-20)25-16-24(34-9-13-37-14-10-34)31-26(32-25)33-27(38)30-19-28(7-11-36-12-8-28)22-3-5-23(29)6-4-22/h3-6,16,20-21H,7-15,17-19H2,1-2H3,(H2,30,31,32,33,38). The Hall–Kier alpha value is -2.56. The number of aromatic nitrogens is 2. The van der Waals surface area contributed by atoms with E-state index in [2.05, 4.69) is 40.3 Å². The van der Waals surface area contributed by atoms with Gasteiger partial charge in [-0.25, -0.2) is 4.39 Å². The van der Waals surface area contributed by atoms with E-state index in [1.54, 1.807) is 0 Å². The largest absolute Gasteiger partial charge is 0.381 e. The van der Waals surface area contributed by atoms with E-state index >= 15 is 0 Å². The number of morpholine rings is 1. The summed E-state index contributed by atoms with van der Waals surface area (Å²) < 4.78 is 24.8. The fourth-order valence-corrected chi connectivity index (χ4v) is 6.14. The van der Waals surface area contributed by atoms with Gasteiger partial charge in [-0.3, -0.25) is 0 Å². The van der Waals surface area contributed by atoms with Crippen LogP contribution >= 0.6 is 12.2 Å². The number of nitrogens with one attached hydrogen (secondary N) is 2. The van der Waals surface area contributed by atoms with Gasteiger partial charge < -0.3 is 29.9 Å². The Kier molecular flexibility index (Phi) is 8.60. The van der Waals surface area contributed by atoms with Crippen LogP contribution in [0.2, 0.25) is 0 Å². The highest BCUT2D eigenvalue weighted by atomic mass is 32.1. The van der Waals surface area contributed by atoms with Crippen molar-refractivity contribution >= 4 is 34.9 Å². The van der Waals surface area contributed by atoms with Crippen molar-refractivity contribution in [3.63, 3.8) is 0 Å². The van der Waals surface area contributed by atoms with Crippen molar-refractivity contribution in [3.8, 4) is 0 Å². The molecule has 0 spiro atoms. The van der Waals surface area contributed by atoms with Crippen LogP contribution in [0.1, 0.15) is 38.7 Å². The minimum absolute atomic E-state index is 0.181. The average molecular weight is 543 g/mol. The van der Waals surface area contributed by atoms with Crippen LogP contribution in [0, 0.1) is 17.7 Å². The Bertz CT molecular complexity index is 1080. The molecule has 0 saturated carbocycles. The van der Waals surface area contributed by atoms with Crippen LogP contribution in [0.15, 0.2) is 30.3 Å². The molecule has 0 aliphatic carbocycles. The lowest BCUT2D eigenvalue weighted by Gasteiger charge is -2.38. The first-order valence-corrected chi connectivity index (χ1v) is 14.2. The lowest BCUT2D eigenvalue weighted by Crippen LogP contribution is -2.46. The quantitative estimate of drug-likeness (QED) is 0.528. The number of halogens is 1. The van der Waals surface area contributed by atoms with Gasteiger partial charge >= 0.3 is 0 Å². The first kappa shape index (κ1) is 27.0. The molecular weight excluding hydrogens is 503 g/mol. The third-order valence-electron chi connectivity index (χ3n) is 7.95. The van der Waals surface area contributed by atoms with Crippen LogP contribution in [0.4, 0.5) is 22.0 Å². The maximum absolute atomic E-state index is 13.6. The topological polar surface area (TPSA) is 74.8 Å². The summed E-state index contributed by atoms with van der Waals surface area (Å²) in [5.41, 5.74) is 0.915. The molecule has 3 aliphatic heterocycles. The molecule has 2 atom stereocenters. The van der Waals surface area contributed by atoms with Crippen LogP contribution in [0.3, 0.4) is 0 Å². The lowest BCUT2D eigenvalue weighted by atomic mass is 9.74. The number of ether oxygens (including phenoxy) is 2. The molecule has 206 valence electrons. The van der Waals surface area contributed by atoms with Gasteiger partial charge in [0.15, 0.2) is 5.11 Å². The third-order valence-corrected chi connectivity index (χ3v) is 8.19. The molecule has 5 rings (SSSR count). The van der Waals surface area contributed by atoms with E-state index in [-0.39, 0.29) is 11.2 Å². The van der Waals surface area contributed by atoms with Gasteiger partial charge in [0.05, 0.1) is 13.2 Å². The van der Waals surface area contributed by atoms with E-state index in [1.807, 2.05) is 12.1 Å². The first-order chi connectivity index (χ1) is 18.4. The fourth-order valence-electron chi connectivity index (χ4n) is 5.97. The van der Waals surface area contributed by atoms with Crippen molar-refractivity contribution in [2.24, 2.45) is 11.8 Å². The van der Waals surface area contributed by atoms with E-state index in [0.717, 1.165) is 56.2 Å². The van der Waals surface area contributed by atoms with E-state index in [1.165, 1.54) is 18.6 Å². The Morgan fingerprint density at radius 2 is 1.58 bits per heavy atom. The number of hydrogen-bond acceptors (Lipinski definition) is 7. The van der Waals surface area contributed by atoms with Crippen LogP contribution in [-0.2, 0) is 14.9 Å². The average Bonchev–Trinajstić information content (AvgIpc) is 2.92. The van der Waals surface area contributed by atoms with Crippen molar-refractivity contribution in [2.45, 2.75) is 38.5 Å². The summed E-state index contributed by atoms with van der Waals surface area (Å²) in [6, 6.07) is 8.90. The number of rotatable bonds is 6. The van der Waals surface area contributed by atoms with Crippen molar-refractivity contribution in [3.05, 3.63) is 41.7 Å². The van der Waals surface area contributed by atoms with E-state index < -0.39 is 0 Å². The van der Waals surface area contributed by atoms with Crippen LogP contribution < -0.4 is 20.4 Å². The second-order valence-corrected chi connectivity index (χ2v) is 11.5. The second kappa shape index (κ2) is 12.1. The van der Waals surface area contributed by atoms with Gasteiger partial charge in [-0.15, -0.1) is 0 Å². The zero-order valence-electron chi connectivity index (χ0n) is 22.4. The number of anilines is 3.